The van der Waals surface area contributed by atoms with Gasteiger partial charge in [0.25, 0.3) is 0 Å². The molecule has 0 saturated carbocycles. The van der Waals surface area contributed by atoms with E-state index >= 15 is 0 Å². The Bertz CT molecular complexity index is 592. The maximum absolute atomic E-state index is 6.37. The lowest BCUT2D eigenvalue weighted by Crippen LogP contribution is -2.56. The fourth-order valence-electron chi connectivity index (χ4n) is 4.38. The van der Waals surface area contributed by atoms with E-state index in [2.05, 4.69) is 72.6 Å². The molecule has 2 aliphatic rings. The molecule has 0 spiro atoms. The zero-order chi connectivity index (χ0) is 15.7. The summed E-state index contributed by atoms with van der Waals surface area (Å²) in [6, 6.07) is 21.6. The highest BCUT2D eigenvalue weighted by Gasteiger charge is 2.54. The number of hydrogen-bond donors (Lipinski definition) is 0. The summed E-state index contributed by atoms with van der Waals surface area (Å²) in [6.45, 7) is 3.31. The second-order valence-corrected chi connectivity index (χ2v) is 7.03. The Morgan fingerprint density at radius 1 is 0.870 bits per heavy atom. The zero-order valence-corrected chi connectivity index (χ0v) is 13.8. The molecule has 2 heterocycles. The quantitative estimate of drug-likeness (QED) is 0.852. The van der Waals surface area contributed by atoms with Gasteiger partial charge in [0.2, 0.25) is 0 Å². The average Bonchev–Trinajstić information content (AvgIpc) is 2.58. The molecular weight excluding hydrogens is 282 g/mol. The van der Waals surface area contributed by atoms with Gasteiger partial charge in [-0.3, -0.25) is 0 Å². The van der Waals surface area contributed by atoms with Crippen molar-refractivity contribution in [2.45, 2.75) is 18.4 Å². The number of nitrogens with zero attached hydrogens (tertiary/aromatic N) is 1. The Labute approximate surface area is 139 Å². The monoisotopic (exact) mass is 307 g/mol. The van der Waals surface area contributed by atoms with Crippen LogP contribution >= 0.6 is 0 Å². The van der Waals surface area contributed by atoms with Crippen molar-refractivity contribution in [3.63, 3.8) is 0 Å². The molecular formula is C21H25NO. The molecule has 2 heteroatoms. The minimum Gasteiger partial charge on any atom is -0.365 e. The highest BCUT2D eigenvalue weighted by molar-refractivity contribution is 5.40. The molecule has 2 aliphatic heterocycles. The van der Waals surface area contributed by atoms with Gasteiger partial charge in [0.15, 0.2) is 0 Å². The van der Waals surface area contributed by atoms with Gasteiger partial charge >= 0.3 is 0 Å². The molecule has 2 fully saturated rings. The fraction of sp³-hybridized carbons (Fsp3) is 0.429. The van der Waals surface area contributed by atoms with E-state index in [0.717, 1.165) is 12.5 Å². The number of hydrogen-bond acceptors (Lipinski definition) is 2. The van der Waals surface area contributed by atoms with Crippen LogP contribution in [-0.4, -0.2) is 31.6 Å². The van der Waals surface area contributed by atoms with Crippen LogP contribution in [0, 0.1) is 11.8 Å². The minimum atomic E-state index is -0.247. The van der Waals surface area contributed by atoms with Gasteiger partial charge in [-0.1, -0.05) is 60.7 Å². The molecule has 0 aromatic heterocycles. The van der Waals surface area contributed by atoms with Crippen molar-refractivity contribution in [3.8, 4) is 0 Å². The van der Waals surface area contributed by atoms with Crippen LogP contribution in [0.15, 0.2) is 60.7 Å². The van der Waals surface area contributed by atoms with Crippen molar-refractivity contribution in [3.05, 3.63) is 71.8 Å². The average molecular weight is 307 g/mol. The van der Waals surface area contributed by atoms with E-state index < -0.39 is 0 Å². The van der Waals surface area contributed by atoms with E-state index in [-0.39, 0.29) is 5.60 Å². The van der Waals surface area contributed by atoms with E-state index in [4.69, 9.17) is 4.74 Å². The first-order valence-electron chi connectivity index (χ1n) is 8.74. The van der Waals surface area contributed by atoms with E-state index in [0.29, 0.717) is 5.92 Å². The van der Waals surface area contributed by atoms with Crippen molar-refractivity contribution in [1.29, 1.82) is 0 Å². The molecule has 0 N–H and O–H groups in total. The van der Waals surface area contributed by atoms with Crippen LogP contribution in [-0.2, 0) is 10.3 Å². The van der Waals surface area contributed by atoms with Crippen molar-refractivity contribution in [2.24, 2.45) is 11.8 Å². The normalized spacial score (nSPS) is 25.0. The molecule has 0 radical (unpaired) electrons. The lowest BCUT2D eigenvalue weighted by molar-refractivity contribution is -0.209. The topological polar surface area (TPSA) is 12.5 Å². The second kappa shape index (κ2) is 6.10. The van der Waals surface area contributed by atoms with Crippen LogP contribution in [0.3, 0.4) is 0 Å². The third-order valence-corrected chi connectivity index (χ3v) is 5.75. The van der Waals surface area contributed by atoms with E-state index in [1.54, 1.807) is 0 Å². The Morgan fingerprint density at radius 3 is 1.83 bits per heavy atom. The number of ether oxygens (including phenoxy) is 1. The molecule has 2 aromatic rings. The van der Waals surface area contributed by atoms with Gasteiger partial charge in [0.05, 0.1) is 6.61 Å². The van der Waals surface area contributed by atoms with Crippen LogP contribution in [0.25, 0.3) is 0 Å². The summed E-state index contributed by atoms with van der Waals surface area (Å²) in [5.74, 6) is 1.33. The van der Waals surface area contributed by atoms with Crippen molar-refractivity contribution in [2.75, 3.05) is 26.7 Å². The van der Waals surface area contributed by atoms with Gasteiger partial charge in [-0.05, 0) is 50.0 Å². The van der Waals surface area contributed by atoms with Gasteiger partial charge in [-0.25, -0.2) is 0 Å². The van der Waals surface area contributed by atoms with E-state index in [9.17, 15) is 0 Å². The highest BCUT2D eigenvalue weighted by Crippen LogP contribution is 2.52. The molecule has 0 amide bonds. The van der Waals surface area contributed by atoms with Crippen LogP contribution in [0.5, 0.6) is 0 Å². The van der Waals surface area contributed by atoms with Crippen LogP contribution in [0.1, 0.15) is 24.0 Å². The highest BCUT2D eigenvalue weighted by atomic mass is 16.5. The lowest BCUT2D eigenvalue weighted by Gasteiger charge is -2.54. The first-order chi connectivity index (χ1) is 11.3. The maximum atomic E-state index is 6.37. The van der Waals surface area contributed by atoms with Crippen molar-refractivity contribution >= 4 is 0 Å². The van der Waals surface area contributed by atoms with Crippen LogP contribution in [0.4, 0.5) is 0 Å². The smallest absolute Gasteiger partial charge is 0.123 e. The molecule has 2 aromatic carbocycles. The summed E-state index contributed by atoms with van der Waals surface area (Å²) in [7, 11) is 2.23. The predicted molar refractivity (Wildman–Crippen MR) is 93.3 cm³/mol. The van der Waals surface area contributed by atoms with Gasteiger partial charge < -0.3 is 9.64 Å². The predicted octanol–water partition coefficient (Wildman–Crippen LogP) is 3.92. The Hall–Kier alpha value is -1.64. The maximum Gasteiger partial charge on any atom is 0.123 e. The number of benzene rings is 2. The summed E-state index contributed by atoms with van der Waals surface area (Å²) >= 11 is 0. The molecule has 4 rings (SSSR count). The van der Waals surface area contributed by atoms with Crippen molar-refractivity contribution < 1.29 is 4.74 Å². The third-order valence-electron chi connectivity index (χ3n) is 5.75. The van der Waals surface area contributed by atoms with Gasteiger partial charge in [-0.15, -0.1) is 0 Å². The molecule has 2 saturated heterocycles. The fourth-order valence-corrected chi connectivity index (χ4v) is 4.38. The zero-order valence-electron chi connectivity index (χ0n) is 13.8. The molecule has 2 nitrogen and oxygen atoms in total. The minimum absolute atomic E-state index is 0.247. The summed E-state index contributed by atoms with van der Waals surface area (Å²) in [4.78, 5) is 2.45. The number of piperidine rings is 1. The molecule has 1 unspecified atom stereocenters. The largest absolute Gasteiger partial charge is 0.365 e. The SMILES string of the molecule is CN1CCC(C2COC2(c2ccccc2)c2ccccc2)CC1. The van der Waals surface area contributed by atoms with Crippen molar-refractivity contribution in [1.82, 2.24) is 4.90 Å². The molecule has 120 valence electrons. The first kappa shape index (κ1) is 14.9. The van der Waals surface area contributed by atoms with Gasteiger partial charge in [0, 0.05) is 5.92 Å². The first-order valence-corrected chi connectivity index (χ1v) is 8.74. The Morgan fingerprint density at radius 2 is 1.39 bits per heavy atom. The third kappa shape index (κ3) is 2.50. The summed E-state index contributed by atoms with van der Waals surface area (Å²) in [6.07, 6.45) is 2.57. The van der Waals surface area contributed by atoms with Gasteiger partial charge in [-0.2, -0.15) is 0 Å². The van der Waals surface area contributed by atoms with Crippen LogP contribution < -0.4 is 0 Å². The molecule has 0 bridgehead atoms. The number of likely N-dealkylation sites (tertiary alicyclic amines) is 1. The van der Waals surface area contributed by atoms with Gasteiger partial charge in [0.1, 0.15) is 5.60 Å². The molecule has 0 aliphatic carbocycles. The van der Waals surface area contributed by atoms with Crippen LogP contribution in [0.2, 0.25) is 0 Å². The molecule has 1 atom stereocenters. The standard InChI is InChI=1S/C21H25NO/c1-22-14-12-17(13-15-22)20-16-23-21(20,18-8-4-2-5-9-18)19-10-6-3-7-11-19/h2-11,17,20H,12-16H2,1H3. The second-order valence-electron chi connectivity index (χ2n) is 7.03. The summed E-state index contributed by atoms with van der Waals surface area (Å²) in [5.41, 5.74) is 2.37. The summed E-state index contributed by atoms with van der Waals surface area (Å²) < 4.78 is 6.37. The lowest BCUT2D eigenvalue weighted by atomic mass is 9.65. The van der Waals surface area contributed by atoms with E-state index in [1.807, 2.05) is 0 Å². The Kier molecular flexibility index (Phi) is 3.96. The number of rotatable bonds is 3. The Balaban J connectivity index is 1.72. The molecule has 23 heavy (non-hydrogen) atoms. The summed E-state index contributed by atoms with van der Waals surface area (Å²) in [5, 5.41) is 0. The van der Waals surface area contributed by atoms with E-state index in [1.165, 1.54) is 37.1 Å².